The van der Waals surface area contributed by atoms with Gasteiger partial charge in [0.05, 0.1) is 16.6 Å². The summed E-state index contributed by atoms with van der Waals surface area (Å²) in [6.45, 7) is 13.8. The van der Waals surface area contributed by atoms with Gasteiger partial charge >= 0.3 is 0 Å². The number of rotatable bonds is 8. The second-order valence-electron chi connectivity index (χ2n) is 7.69. The zero-order valence-electron chi connectivity index (χ0n) is 18.9. The summed E-state index contributed by atoms with van der Waals surface area (Å²) in [7, 11) is 0. The molecule has 0 saturated carbocycles. The lowest BCUT2D eigenvalue weighted by Gasteiger charge is -2.25. The highest BCUT2D eigenvalue weighted by molar-refractivity contribution is 7.22. The molecule has 0 fully saturated rings. The van der Waals surface area contributed by atoms with E-state index < -0.39 is 0 Å². The quantitative estimate of drug-likeness (QED) is 0.384. The van der Waals surface area contributed by atoms with Gasteiger partial charge in [0.2, 0.25) is 5.91 Å². The number of aromatic nitrogens is 1. The number of carbonyl (C=O) groups is 1. The first-order chi connectivity index (χ1) is 14.3. The first-order valence-corrected chi connectivity index (χ1v) is 11.7. The van der Waals surface area contributed by atoms with Crippen LogP contribution in [0.5, 0.6) is 0 Å². The highest BCUT2D eigenvalue weighted by atomic mass is 35.5. The summed E-state index contributed by atoms with van der Waals surface area (Å²) in [5.74, 6) is 0.0805. The van der Waals surface area contributed by atoms with E-state index in [2.05, 4.69) is 50.8 Å². The average Bonchev–Trinajstić information content (AvgIpc) is 3.15. The molecule has 0 saturated heterocycles. The molecule has 4 nitrogen and oxygen atoms in total. The molecule has 0 atom stereocenters. The number of likely N-dealkylation sites (N-methyl/N-ethyl adjacent to an activating group) is 1. The molecule has 0 aliphatic carbocycles. The topological polar surface area (TPSA) is 36.4 Å². The number of anilines is 1. The molecule has 1 aromatic heterocycles. The van der Waals surface area contributed by atoms with Gasteiger partial charge in [0.25, 0.3) is 0 Å². The van der Waals surface area contributed by atoms with Gasteiger partial charge in [-0.15, -0.1) is 12.4 Å². The van der Waals surface area contributed by atoms with Crippen molar-refractivity contribution in [1.29, 1.82) is 0 Å². The van der Waals surface area contributed by atoms with Crippen LogP contribution in [0, 0.1) is 20.8 Å². The van der Waals surface area contributed by atoms with E-state index in [4.69, 9.17) is 16.6 Å². The molecular weight excluding hydrogens is 449 g/mol. The van der Waals surface area contributed by atoms with E-state index in [0.717, 1.165) is 51.7 Å². The van der Waals surface area contributed by atoms with Gasteiger partial charge in [-0.25, -0.2) is 4.98 Å². The summed E-state index contributed by atoms with van der Waals surface area (Å²) in [5.41, 5.74) is 5.27. The largest absolute Gasteiger partial charge is 0.302 e. The summed E-state index contributed by atoms with van der Waals surface area (Å²) < 4.78 is 1.05. The molecule has 3 aromatic rings. The number of hydrogen-bond donors (Lipinski definition) is 0. The molecule has 3 rings (SSSR count). The predicted molar refractivity (Wildman–Crippen MR) is 136 cm³/mol. The first kappa shape index (κ1) is 25.6. The Morgan fingerprint density at radius 1 is 1.06 bits per heavy atom. The Bertz CT molecular complexity index is 1050. The van der Waals surface area contributed by atoms with Crippen LogP contribution in [0.15, 0.2) is 30.3 Å². The zero-order valence-corrected chi connectivity index (χ0v) is 21.3. The molecule has 2 aromatic carbocycles. The van der Waals surface area contributed by atoms with Gasteiger partial charge < -0.3 is 4.90 Å². The van der Waals surface area contributed by atoms with Gasteiger partial charge in [-0.05, 0) is 62.7 Å². The van der Waals surface area contributed by atoms with Crippen molar-refractivity contribution >= 4 is 56.6 Å². The molecule has 0 unspecified atom stereocenters. The van der Waals surface area contributed by atoms with Crippen molar-refractivity contribution in [2.24, 2.45) is 0 Å². The number of thiazole rings is 1. The number of halogens is 2. The van der Waals surface area contributed by atoms with E-state index in [9.17, 15) is 4.79 Å². The molecule has 0 spiro atoms. The number of carbonyl (C=O) groups excluding carboxylic acids is 1. The SMILES string of the molecule is CCN(CC)CCN(C(=O)Cc1ccc(C)cc1C)c1nc2c(C)c(Cl)ccc2s1.Cl. The van der Waals surface area contributed by atoms with Crippen molar-refractivity contribution in [1.82, 2.24) is 9.88 Å². The van der Waals surface area contributed by atoms with Gasteiger partial charge in [0.1, 0.15) is 0 Å². The number of nitrogens with zero attached hydrogens (tertiary/aromatic N) is 3. The smallest absolute Gasteiger partial charge is 0.233 e. The zero-order chi connectivity index (χ0) is 21.8. The number of aryl methyl sites for hydroxylation is 3. The van der Waals surface area contributed by atoms with Gasteiger partial charge in [0, 0.05) is 18.1 Å². The van der Waals surface area contributed by atoms with Crippen LogP contribution >= 0.6 is 35.3 Å². The van der Waals surface area contributed by atoms with Gasteiger partial charge in [-0.2, -0.15) is 0 Å². The van der Waals surface area contributed by atoms with Crippen molar-refractivity contribution in [3.63, 3.8) is 0 Å². The lowest BCUT2D eigenvalue weighted by atomic mass is 10.0. The van der Waals surface area contributed by atoms with E-state index in [0.29, 0.717) is 18.0 Å². The molecule has 0 aliphatic heterocycles. The van der Waals surface area contributed by atoms with Gasteiger partial charge in [-0.3, -0.25) is 9.69 Å². The lowest BCUT2D eigenvalue weighted by Crippen LogP contribution is -2.39. The van der Waals surface area contributed by atoms with Crippen LogP contribution in [-0.2, 0) is 11.2 Å². The Morgan fingerprint density at radius 2 is 1.77 bits per heavy atom. The molecule has 0 N–H and O–H groups in total. The molecule has 1 amide bonds. The fourth-order valence-corrected chi connectivity index (χ4v) is 4.84. The van der Waals surface area contributed by atoms with Crippen LogP contribution in [0.2, 0.25) is 5.02 Å². The molecule has 7 heteroatoms. The minimum absolute atomic E-state index is 0. The van der Waals surface area contributed by atoms with Crippen molar-refractivity contribution < 1.29 is 4.79 Å². The second-order valence-corrected chi connectivity index (χ2v) is 9.11. The average molecular weight is 481 g/mol. The van der Waals surface area contributed by atoms with Crippen LogP contribution in [0.1, 0.15) is 36.1 Å². The third-order valence-electron chi connectivity index (χ3n) is 5.64. The number of amides is 1. The van der Waals surface area contributed by atoms with Crippen molar-refractivity contribution in [3.05, 3.63) is 57.6 Å². The third kappa shape index (κ3) is 5.98. The maximum absolute atomic E-state index is 13.4. The molecular formula is C24H31Cl2N3OS. The molecule has 0 radical (unpaired) electrons. The summed E-state index contributed by atoms with van der Waals surface area (Å²) in [6.07, 6.45) is 0.375. The highest BCUT2D eigenvalue weighted by Crippen LogP contribution is 2.34. The Balaban J connectivity index is 0.00000341. The minimum Gasteiger partial charge on any atom is -0.302 e. The van der Waals surface area contributed by atoms with Crippen LogP contribution in [0.3, 0.4) is 0 Å². The Morgan fingerprint density at radius 3 is 2.42 bits per heavy atom. The van der Waals surface area contributed by atoms with E-state index in [1.165, 1.54) is 5.56 Å². The standard InChI is InChI=1S/C24H30ClN3OS.ClH/c1-6-27(7-2)12-13-28(22(29)15-19-9-8-16(3)14-17(19)4)24-26-23-18(5)20(25)10-11-21(23)30-24;/h8-11,14H,6-7,12-13,15H2,1-5H3;1H. The van der Waals surface area contributed by atoms with E-state index >= 15 is 0 Å². The lowest BCUT2D eigenvalue weighted by molar-refractivity contribution is -0.118. The van der Waals surface area contributed by atoms with Gasteiger partial charge in [0.15, 0.2) is 5.13 Å². The molecule has 1 heterocycles. The van der Waals surface area contributed by atoms with E-state index in [1.54, 1.807) is 11.3 Å². The normalized spacial score (nSPS) is 11.1. The summed E-state index contributed by atoms with van der Waals surface area (Å²) in [6, 6.07) is 10.2. The summed E-state index contributed by atoms with van der Waals surface area (Å²) in [4.78, 5) is 22.4. The second kappa shape index (κ2) is 11.3. The maximum Gasteiger partial charge on any atom is 0.233 e. The fourth-order valence-electron chi connectivity index (χ4n) is 3.62. The first-order valence-electron chi connectivity index (χ1n) is 10.5. The Labute approximate surface area is 200 Å². The third-order valence-corrected chi connectivity index (χ3v) is 7.10. The number of fused-ring (bicyclic) bond motifs is 1. The number of hydrogen-bond acceptors (Lipinski definition) is 4. The Hall–Kier alpha value is -1.66. The Kier molecular flexibility index (Phi) is 9.31. The van der Waals surface area contributed by atoms with E-state index in [1.807, 2.05) is 24.0 Å². The monoisotopic (exact) mass is 479 g/mol. The predicted octanol–water partition coefficient (Wildman–Crippen LogP) is 6.21. The number of benzene rings is 2. The fraction of sp³-hybridized carbons (Fsp3) is 0.417. The molecule has 0 bridgehead atoms. The van der Waals surface area contributed by atoms with Crippen LogP contribution in [0.4, 0.5) is 5.13 Å². The molecule has 31 heavy (non-hydrogen) atoms. The maximum atomic E-state index is 13.4. The van der Waals surface area contributed by atoms with E-state index in [-0.39, 0.29) is 18.3 Å². The van der Waals surface area contributed by atoms with Crippen molar-refractivity contribution in [2.75, 3.05) is 31.1 Å². The summed E-state index contributed by atoms with van der Waals surface area (Å²) in [5, 5.41) is 1.45. The molecule has 168 valence electrons. The van der Waals surface area contributed by atoms with Crippen LogP contribution in [-0.4, -0.2) is 42.0 Å². The summed E-state index contributed by atoms with van der Waals surface area (Å²) >= 11 is 7.85. The molecule has 0 aliphatic rings. The van der Waals surface area contributed by atoms with Gasteiger partial charge in [-0.1, -0.05) is 60.5 Å². The van der Waals surface area contributed by atoms with Crippen LogP contribution < -0.4 is 4.90 Å². The van der Waals surface area contributed by atoms with Crippen LogP contribution in [0.25, 0.3) is 10.2 Å². The minimum atomic E-state index is 0. The highest BCUT2D eigenvalue weighted by Gasteiger charge is 2.22. The van der Waals surface area contributed by atoms with Crippen molar-refractivity contribution in [2.45, 2.75) is 41.0 Å². The van der Waals surface area contributed by atoms with Crippen molar-refractivity contribution in [3.8, 4) is 0 Å².